The van der Waals surface area contributed by atoms with Gasteiger partial charge in [0.15, 0.2) is 9.84 Å². The molecule has 2 saturated heterocycles. The fraction of sp³-hybridized carbons (Fsp3) is 0.250. The molecule has 4 rings (SSSR count). The first-order valence-electron chi connectivity index (χ1n) is 8.95. The Balaban J connectivity index is 1.88. The predicted octanol–water partition coefficient (Wildman–Crippen LogP) is 2.34. The van der Waals surface area contributed by atoms with Crippen LogP contribution in [0.1, 0.15) is 23.6 Å². The van der Waals surface area contributed by atoms with E-state index in [1.165, 1.54) is 11.1 Å². The summed E-state index contributed by atoms with van der Waals surface area (Å²) < 4.78 is 24.0. The number of likely N-dealkylation sites (tertiary alicyclic amines) is 1. The number of carbonyl (C=O) groups is 2. The summed E-state index contributed by atoms with van der Waals surface area (Å²) in [7, 11) is -3.29. The summed E-state index contributed by atoms with van der Waals surface area (Å²) in [5.74, 6) is -2.26. The van der Waals surface area contributed by atoms with Gasteiger partial charge in [-0.15, -0.1) is 0 Å². The molecule has 1 N–H and O–H groups in total. The number of hydrogen-bond donors (Lipinski definition) is 1. The summed E-state index contributed by atoms with van der Waals surface area (Å²) in [5.41, 5.74) is 0.765. The molecular weight excluding hydrogens is 416 g/mol. The van der Waals surface area contributed by atoms with E-state index < -0.39 is 33.6 Å². The Morgan fingerprint density at radius 1 is 1.17 bits per heavy atom. The van der Waals surface area contributed by atoms with Crippen LogP contribution in [0.15, 0.2) is 54.4 Å². The van der Waals surface area contributed by atoms with Crippen LogP contribution in [0.25, 0.3) is 5.76 Å². The molecule has 2 aliphatic rings. The zero-order valence-electron chi connectivity index (χ0n) is 15.2. The zero-order chi connectivity index (χ0) is 20.8. The van der Waals surface area contributed by atoms with E-state index in [0.717, 1.165) is 0 Å². The average molecular weight is 433 g/mol. The monoisotopic (exact) mass is 432 g/mol. The van der Waals surface area contributed by atoms with Gasteiger partial charge in [0, 0.05) is 29.0 Å². The minimum atomic E-state index is -3.29. The number of aromatic nitrogens is 1. The lowest BCUT2D eigenvalue weighted by Gasteiger charge is -2.29. The van der Waals surface area contributed by atoms with Gasteiger partial charge in [-0.1, -0.05) is 17.7 Å². The molecule has 0 aliphatic carbocycles. The van der Waals surface area contributed by atoms with Crippen molar-refractivity contribution in [2.24, 2.45) is 0 Å². The normalized spacial score (nSPS) is 25.5. The van der Waals surface area contributed by atoms with Crippen LogP contribution < -0.4 is 0 Å². The van der Waals surface area contributed by atoms with Gasteiger partial charge >= 0.3 is 0 Å². The number of ketones is 1. The first-order valence-corrected chi connectivity index (χ1v) is 11.1. The Morgan fingerprint density at radius 3 is 2.48 bits per heavy atom. The summed E-state index contributed by atoms with van der Waals surface area (Å²) in [6.45, 7) is 0. The number of aliphatic hydroxyl groups is 1. The fourth-order valence-electron chi connectivity index (χ4n) is 3.85. The molecule has 1 aromatic carbocycles. The Morgan fingerprint density at radius 2 is 1.90 bits per heavy atom. The van der Waals surface area contributed by atoms with E-state index in [-0.39, 0.29) is 29.3 Å². The van der Waals surface area contributed by atoms with Crippen molar-refractivity contribution in [2.75, 3.05) is 11.5 Å². The van der Waals surface area contributed by atoms with Crippen LogP contribution in [0, 0.1) is 0 Å². The van der Waals surface area contributed by atoms with E-state index in [0.29, 0.717) is 16.1 Å². The van der Waals surface area contributed by atoms with Crippen LogP contribution >= 0.6 is 11.6 Å². The Bertz CT molecular complexity index is 1110. The SMILES string of the molecule is O=C1C(=O)N([C@H]2CCS(=O)(=O)C2)[C@H](c2cccnc2)/C1=C(\O)c1ccc(Cl)cc1. The minimum Gasteiger partial charge on any atom is -0.507 e. The van der Waals surface area contributed by atoms with Gasteiger partial charge in [0.05, 0.1) is 23.1 Å². The van der Waals surface area contributed by atoms with Crippen molar-refractivity contribution in [2.45, 2.75) is 18.5 Å². The predicted molar refractivity (Wildman–Crippen MR) is 107 cm³/mol. The molecule has 0 bridgehead atoms. The number of Topliss-reactive ketones (excluding diaryl/α,β-unsaturated/α-hetero) is 1. The van der Waals surface area contributed by atoms with Crippen molar-refractivity contribution in [3.63, 3.8) is 0 Å². The Kier molecular flexibility index (Phi) is 4.92. The number of nitrogens with zero attached hydrogens (tertiary/aromatic N) is 2. The third-order valence-corrected chi connectivity index (χ3v) is 7.20. The van der Waals surface area contributed by atoms with Gasteiger partial charge in [-0.3, -0.25) is 14.6 Å². The van der Waals surface area contributed by atoms with Crippen molar-refractivity contribution in [3.05, 3.63) is 70.5 Å². The molecule has 0 spiro atoms. The average Bonchev–Trinajstić information content (AvgIpc) is 3.19. The first kappa shape index (κ1) is 19.6. The van der Waals surface area contributed by atoms with Gasteiger partial charge in [-0.2, -0.15) is 0 Å². The number of rotatable bonds is 3. The number of sulfone groups is 1. The quantitative estimate of drug-likeness (QED) is 0.453. The number of halogens is 1. The van der Waals surface area contributed by atoms with E-state index >= 15 is 0 Å². The van der Waals surface area contributed by atoms with Gasteiger partial charge in [-0.25, -0.2) is 8.42 Å². The molecule has 0 radical (unpaired) electrons. The standard InChI is InChI=1S/C20H17ClN2O5S/c21-14-5-3-12(4-6-14)18(24)16-17(13-2-1-8-22-10-13)23(20(26)19(16)25)15-7-9-29(27,28)11-15/h1-6,8,10,15,17,24H,7,9,11H2/b18-16+/t15-,17+/m0/s1. The lowest BCUT2D eigenvalue weighted by atomic mass is 9.96. The smallest absolute Gasteiger partial charge is 0.295 e. The molecule has 1 amide bonds. The zero-order valence-corrected chi connectivity index (χ0v) is 16.7. The molecule has 7 nitrogen and oxygen atoms in total. The third-order valence-electron chi connectivity index (χ3n) is 5.20. The molecule has 2 aliphatic heterocycles. The van der Waals surface area contributed by atoms with Gasteiger partial charge in [0.2, 0.25) is 0 Å². The number of carbonyl (C=O) groups excluding carboxylic acids is 2. The molecule has 2 fully saturated rings. The maximum Gasteiger partial charge on any atom is 0.295 e. The Hall–Kier alpha value is -2.71. The van der Waals surface area contributed by atoms with Crippen molar-refractivity contribution < 1.29 is 23.1 Å². The van der Waals surface area contributed by atoms with E-state index in [1.54, 1.807) is 42.6 Å². The lowest BCUT2D eigenvalue weighted by Crippen LogP contribution is -2.40. The maximum absolute atomic E-state index is 12.9. The van der Waals surface area contributed by atoms with E-state index in [1.807, 2.05) is 0 Å². The van der Waals surface area contributed by atoms with E-state index in [9.17, 15) is 23.1 Å². The molecule has 9 heteroatoms. The number of amides is 1. The van der Waals surface area contributed by atoms with Crippen LogP contribution in [0.3, 0.4) is 0 Å². The molecule has 3 heterocycles. The molecule has 2 atom stereocenters. The highest BCUT2D eigenvalue weighted by molar-refractivity contribution is 7.91. The summed E-state index contributed by atoms with van der Waals surface area (Å²) in [4.78, 5) is 31.1. The van der Waals surface area contributed by atoms with Crippen LogP contribution in [0.2, 0.25) is 5.02 Å². The molecule has 150 valence electrons. The van der Waals surface area contributed by atoms with Gasteiger partial charge in [0.25, 0.3) is 11.7 Å². The van der Waals surface area contributed by atoms with Crippen LogP contribution in [0.4, 0.5) is 0 Å². The molecule has 1 aromatic heterocycles. The second-order valence-electron chi connectivity index (χ2n) is 7.06. The number of aliphatic hydroxyl groups excluding tert-OH is 1. The van der Waals surface area contributed by atoms with Crippen molar-refractivity contribution in [3.8, 4) is 0 Å². The van der Waals surface area contributed by atoms with Gasteiger partial charge in [0.1, 0.15) is 5.76 Å². The van der Waals surface area contributed by atoms with E-state index in [2.05, 4.69) is 4.98 Å². The second-order valence-corrected chi connectivity index (χ2v) is 9.72. The highest BCUT2D eigenvalue weighted by Crippen LogP contribution is 2.42. The maximum atomic E-state index is 12.9. The lowest BCUT2D eigenvalue weighted by molar-refractivity contribution is -0.141. The van der Waals surface area contributed by atoms with E-state index in [4.69, 9.17) is 11.6 Å². The number of pyridine rings is 1. The highest BCUT2D eigenvalue weighted by atomic mass is 35.5. The van der Waals surface area contributed by atoms with Gasteiger partial charge < -0.3 is 10.0 Å². The molecular formula is C20H17ClN2O5S. The summed E-state index contributed by atoms with van der Waals surface area (Å²) in [6, 6.07) is 8.01. The van der Waals surface area contributed by atoms with Crippen LogP contribution in [-0.2, 0) is 19.4 Å². The molecule has 29 heavy (non-hydrogen) atoms. The third kappa shape index (κ3) is 3.54. The van der Waals surface area contributed by atoms with Crippen molar-refractivity contribution >= 4 is 38.9 Å². The highest BCUT2D eigenvalue weighted by Gasteiger charge is 2.51. The van der Waals surface area contributed by atoms with Gasteiger partial charge in [-0.05, 0) is 42.3 Å². The molecule has 0 saturated carbocycles. The summed E-state index contributed by atoms with van der Waals surface area (Å²) in [6.07, 6.45) is 3.30. The van der Waals surface area contributed by atoms with Crippen LogP contribution in [0.5, 0.6) is 0 Å². The van der Waals surface area contributed by atoms with Crippen molar-refractivity contribution in [1.82, 2.24) is 9.88 Å². The van der Waals surface area contributed by atoms with Crippen molar-refractivity contribution in [1.29, 1.82) is 0 Å². The largest absolute Gasteiger partial charge is 0.507 e. The minimum absolute atomic E-state index is 0.0440. The second kappa shape index (κ2) is 7.27. The van der Waals surface area contributed by atoms with Crippen LogP contribution in [-0.4, -0.2) is 52.6 Å². The molecule has 0 unspecified atom stereocenters. The topological polar surface area (TPSA) is 105 Å². The fourth-order valence-corrected chi connectivity index (χ4v) is 5.69. The first-order chi connectivity index (χ1) is 13.8. The summed E-state index contributed by atoms with van der Waals surface area (Å²) >= 11 is 5.90. The number of hydrogen-bond acceptors (Lipinski definition) is 6. The summed E-state index contributed by atoms with van der Waals surface area (Å²) in [5, 5.41) is 11.4. The molecule has 2 aromatic rings. The Labute approximate surface area is 172 Å². The number of benzene rings is 1.